The molecule has 1 fully saturated rings. The predicted molar refractivity (Wildman–Crippen MR) is 79.5 cm³/mol. The lowest BCUT2D eigenvalue weighted by Crippen LogP contribution is -2.19. The van der Waals surface area contributed by atoms with Gasteiger partial charge in [-0.05, 0) is 36.7 Å². The minimum Gasteiger partial charge on any atom is -0.486 e. The van der Waals surface area contributed by atoms with Gasteiger partial charge >= 0.3 is 5.97 Å². The van der Waals surface area contributed by atoms with Crippen molar-refractivity contribution in [2.24, 2.45) is 5.92 Å². The second kappa shape index (κ2) is 5.76. The molecule has 3 rings (SSSR count). The number of benzene rings is 1. The molecule has 1 heterocycles. The van der Waals surface area contributed by atoms with Crippen LogP contribution in [0.1, 0.15) is 43.2 Å². The molecular weight excluding hydrogens is 292 g/mol. The van der Waals surface area contributed by atoms with Gasteiger partial charge in [-0.25, -0.2) is 0 Å². The van der Waals surface area contributed by atoms with Crippen LogP contribution in [0.25, 0.3) is 0 Å². The quantitative estimate of drug-likeness (QED) is 0.902. The number of carboxylic acid groups (broad SMARTS) is 1. The molecule has 1 aromatic rings. The number of carbonyl (C=O) groups is 1. The number of halogens is 1. The smallest absolute Gasteiger partial charge is 0.303 e. The van der Waals surface area contributed by atoms with Crippen LogP contribution in [0, 0.1) is 5.92 Å². The Morgan fingerprint density at radius 3 is 2.76 bits per heavy atom. The first kappa shape index (κ1) is 14.5. The second-order valence-electron chi connectivity index (χ2n) is 5.67. The predicted octanol–water partition coefficient (Wildman–Crippen LogP) is 3.64. The van der Waals surface area contributed by atoms with E-state index in [-0.39, 0.29) is 12.3 Å². The fourth-order valence-corrected chi connectivity index (χ4v) is 3.53. The maximum Gasteiger partial charge on any atom is 0.303 e. The first-order valence-corrected chi connectivity index (χ1v) is 7.82. The lowest BCUT2D eigenvalue weighted by molar-refractivity contribution is -0.137. The number of hydrogen-bond acceptors (Lipinski definition) is 3. The van der Waals surface area contributed by atoms with E-state index in [4.69, 9.17) is 21.1 Å². The number of fused-ring (bicyclic) bond motifs is 1. The maximum absolute atomic E-state index is 11.2. The van der Waals surface area contributed by atoms with E-state index in [0.29, 0.717) is 29.9 Å². The van der Waals surface area contributed by atoms with Crippen LogP contribution < -0.4 is 9.47 Å². The monoisotopic (exact) mass is 310 g/mol. The Bertz CT molecular complexity index is 566. The molecule has 5 heteroatoms. The van der Waals surface area contributed by atoms with Crippen LogP contribution in [0.2, 0.25) is 5.02 Å². The average molecular weight is 311 g/mol. The van der Waals surface area contributed by atoms with Crippen molar-refractivity contribution in [3.63, 3.8) is 0 Å². The average Bonchev–Trinajstić information content (AvgIpc) is 3.28. The summed E-state index contributed by atoms with van der Waals surface area (Å²) in [6.07, 6.45) is 3.03. The first-order valence-electron chi connectivity index (χ1n) is 7.44. The summed E-state index contributed by atoms with van der Waals surface area (Å²) in [6, 6.07) is 1.78. The molecule has 1 atom stereocenters. The largest absolute Gasteiger partial charge is 0.486 e. The highest BCUT2D eigenvalue weighted by atomic mass is 35.5. The Hall–Kier alpha value is -1.42. The molecule has 0 bridgehead atoms. The zero-order valence-electron chi connectivity index (χ0n) is 12.0. The van der Waals surface area contributed by atoms with Crippen molar-refractivity contribution in [3.05, 3.63) is 22.2 Å². The van der Waals surface area contributed by atoms with Gasteiger partial charge in [0.1, 0.15) is 13.2 Å². The Morgan fingerprint density at radius 2 is 2.14 bits per heavy atom. The normalized spacial score (nSPS) is 18.4. The molecule has 0 spiro atoms. The maximum atomic E-state index is 11.2. The third-order valence-electron chi connectivity index (χ3n) is 4.24. The number of carboxylic acids is 1. The summed E-state index contributed by atoms with van der Waals surface area (Å²) >= 11 is 6.47. The van der Waals surface area contributed by atoms with Crippen molar-refractivity contribution in [2.75, 3.05) is 13.2 Å². The van der Waals surface area contributed by atoms with E-state index in [9.17, 15) is 9.90 Å². The third kappa shape index (κ3) is 2.82. The van der Waals surface area contributed by atoms with Gasteiger partial charge in [0.05, 0.1) is 6.42 Å². The SMILES string of the molecule is CCc1c2c(cc(Cl)c1C(CC(=O)O)C1CC1)OCCO2. The van der Waals surface area contributed by atoms with Crippen LogP contribution in [0.4, 0.5) is 0 Å². The van der Waals surface area contributed by atoms with E-state index in [2.05, 4.69) is 0 Å². The van der Waals surface area contributed by atoms with Crippen LogP contribution in [0.3, 0.4) is 0 Å². The first-order chi connectivity index (χ1) is 10.1. The molecule has 114 valence electrons. The Kier molecular flexibility index (Phi) is 3.98. The minimum atomic E-state index is -0.778. The summed E-state index contributed by atoms with van der Waals surface area (Å²) in [5.41, 5.74) is 1.96. The summed E-state index contributed by atoms with van der Waals surface area (Å²) < 4.78 is 11.4. The Labute approximate surface area is 129 Å². The van der Waals surface area contributed by atoms with Gasteiger partial charge in [0.25, 0.3) is 0 Å². The van der Waals surface area contributed by atoms with E-state index in [1.165, 1.54) is 0 Å². The molecule has 0 radical (unpaired) electrons. The number of aliphatic carboxylic acids is 1. The molecule has 1 unspecified atom stereocenters. The molecule has 0 amide bonds. The molecule has 1 aliphatic heterocycles. The molecule has 4 nitrogen and oxygen atoms in total. The fraction of sp³-hybridized carbons (Fsp3) is 0.562. The van der Waals surface area contributed by atoms with Gasteiger partial charge in [-0.15, -0.1) is 0 Å². The van der Waals surface area contributed by atoms with Crippen LogP contribution in [0.15, 0.2) is 6.07 Å². The number of rotatable bonds is 5. The van der Waals surface area contributed by atoms with E-state index in [1.54, 1.807) is 6.07 Å². The highest BCUT2D eigenvalue weighted by molar-refractivity contribution is 6.31. The topological polar surface area (TPSA) is 55.8 Å². The molecule has 1 aromatic carbocycles. The zero-order valence-corrected chi connectivity index (χ0v) is 12.8. The molecule has 2 aliphatic rings. The number of ether oxygens (including phenoxy) is 2. The van der Waals surface area contributed by atoms with Gasteiger partial charge in [-0.1, -0.05) is 18.5 Å². The van der Waals surface area contributed by atoms with Crippen molar-refractivity contribution < 1.29 is 19.4 Å². The zero-order chi connectivity index (χ0) is 15.0. The van der Waals surface area contributed by atoms with E-state index in [1.807, 2.05) is 6.92 Å². The van der Waals surface area contributed by atoms with Gasteiger partial charge in [-0.2, -0.15) is 0 Å². The lowest BCUT2D eigenvalue weighted by atomic mass is 9.86. The Morgan fingerprint density at radius 1 is 1.43 bits per heavy atom. The summed E-state index contributed by atoms with van der Waals surface area (Å²) in [5, 5.41) is 9.82. The highest BCUT2D eigenvalue weighted by Gasteiger charge is 2.37. The van der Waals surface area contributed by atoms with Gasteiger partial charge in [-0.3, -0.25) is 4.79 Å². The second-order valence-corrected chi connectivity index (χ2v) is 6.08. The molecule has 1 aliphatic carbocycles. The van der Waals surface area contributed by atoms with Crippen LogP contribution >= 0.6 is 11.6 Å². The van der Waals surface area contributed by atoms with Crippen LogP contribution in [-0.4, -0.2) is 24.3 Å². The molecule has 0 aromatic heterocycles. The van der Waals surface area contributed by atoms with Crippen molar-refractivity contribution in [1.29, 1.82) is 0 Å². The van der Waals surface area contributed by atoms with Crippen LogP contribution in [0.5, 0.6) is 11.5 Å². The van der Waals surface area contributed by atoms with Crippen molar-refractivity contribution in [1.82, 2.24) is 0 Å². The van der Waals surface area contributed by atoms with Crippen LogP contribution in [-0.2, 0) is 11.2 Å². The van der Waals surface area contributed by atoms with Crippen molar-refractivity contribution in [3.8, 4) is 11.5 Å². The van der Waals surface area contributed by atoms with Gasteiger partial charge < -0.3 is 14.6 Å². The third-order valence-corrected chi connectivity index (χ3v) is 4.55. The molecule has 0 saturated heterocycles. The van der Waals surface area contributed by atoms with E-state index in [0.717, 1.165) is 36.1 Å². The minimum absolute atomic E-state index is 0.0271. The Balaban J connectivity index is 2.09. The summed E-state index contributed by atoms with van der Waals surface area (Å²) in [5.74, 6) is 1.04. The van der Waals surface area contributed by atoms with Crippen molar-refractivity contribution >= 4 is 17.6 Å². The summed E-state index contributed by atoms with van der Waals surface area (Å²) in [7, 11) is 0. The molecule has 1 saturated carbocycles. The molecule has 21 heavy (non-hydrogen) atoms. The number of hydrogen-bond donors (Lipinski definition) is 1. The molecular formula is C16H19ClO4. The highest BCUT2D eigenvalue weighted by Crippen LogP contribution is 2.51. The van der Waals surface area contributed by atoms with Gasteiger partial charge in [0.2, 0.25) is 0 Å². The van der Waals surface area contributed by atoms with Gasteiger partial charge in [0.15, 0.2) is 11.5 Å². The van der Waals surface area contributed by atoms with Crippen molar-refractivity contribution in [2.45, 2.75) is 38.5 Å². The standard InChI is InChI=1S/C16H19ClO4/c1-2-10-15(11(7-14(18)19)9-3-4-9)12(17)8-13-16(10)21-6-5-20-13/h8-9,11H,2-7H2,1H3,(H,18,19). The summed E-state index contributed by atoms with van der Waals surface area (Å²) in [4.78, 5) is 11.2. The molecule has 1 N–H and O–H groups in total. The summed E-state index contributed by atoms with van der Waals surface area (Å²) in [6.45, 7) is 3.08. The van der Waals surface area contributed by atoms with E-state index >= 15 is 0 Å². The van der Waals surface area contributed by atoms with Gasteiger partial charge in [0, 0.05) is 16.7 Å². The lowest BCUT2D eigenvalue weighted by Gasteiger charge is -2.27. The van der Waals surface area contributed by atoms with E-state index < -0.39 is 5.97 Å². The fourth-order valence-electron chi connectivity index (χ4n) is 3.18.